The van der Waals surface area contributed by atoms with Crippen LogP contribution in [0.2, 0.25) is 5.02 Å². The summed E-state index contributed by atoms with van der Waals surface area (Å²) in [5, 5.41) is 4.25. The van der Waals surface area contributed by atoms with Gasteiger partial charge in [0.2, 0.25) is 0 Å². The molecule has 1 unspecified atom stereocenters. The Morgan fingerprint density at radius 2 is 2.10 bits per heavy atom. The minimum Gasteiger partial charge on any atom is -0.383 e. The number of hydrogen-bond acceptors (Lipinski definition) is 3. The molecule has 1 aliphatic heterocycles. The van der Waals surface area contributed by atoms with E-state index in [1.165, 1.54) is 32.5 Å². The van der Waals surface area contributed by atoms with Crippen molar-refractivity contribution in [2.24, 2.45) is 0 Å². The third-order valence-electron chi connectivity index (χ3n) is 4.08. The Labute approximate surface area is 127 Å². The van der Waals surface area contributed by atoms with Crippen LogP contribution in [0.3, 0.4) is 0 Å². The van der Waals surface area contributed by atoms with Gasteiger partial charge in [-0.25, -0.2) is 0 Å². The third kappa shape index (κ3) is 4.37. The molecule has 2 rings (SSSR count). The van der Waals surface area contributed by atoms with Crippen molar-refractivity contribution >= 4 is 17.3 Å². The smallest absolute Gasteiger partial charge is 0.0637 e. The molecule has 1 aromatic carbocycles. The maximum atomic E-state index is 6.16. The molecule has 112 valence electrons. The van der Waals surface area contributed by atoms with Crippen LogP contribution in [-0.2, 0) is 0 Å². The highest BCUT2D eigenvalue weighted by Crippen LogP contribution is 2.20. The van der Waals surface area contributed by atoms with Crippen molar-refractivity contribution in [2.45, 2.75) is 25.8 Å². The molecule has 0 radical (unpaired) electrons. The number of anilines is 1. The van der Waals surface area contributed by atoms with Gasteiger partial charge in [-0.3, -0.25) is 4.90 Å². The molecule has 20 heavy (non-hydrogen) atoms. The second-order valence-corrected chi connectivity index (χ2v) is 6.03. The molecule has 0 aliphatic carbocycles. The summed E-state index contributed by atoms with van der Waals surface area (Å²) < 4.78 is 0. The van der Waals surface area contributed by atoms with Crippen LogP contribution in [0.15, 0.2) is 24.3 Å². The highest BCUT2D eigenvalue weighted by molar-refractivity contribution is 6.33. The van der Waals surface area contributed by atoms with E-state index >= 15 is 0 Å². The topological polar surface area (TPSA) is 18.5 Å². The second-order valence-electron chi connectivity index (χ2n) is 5.62. The molecule has 0 amide bonds. The Hall–Kier alpha value is -0.770. The molecule has 1 fully saturated rings. The molecule has 0 spiro atoms. The quantitative estimate of drug-likeness (QED) is 0.900. The minimum absolute atomic E-state index is 0.676. The van der Waals surface area contributed by atoms with Crippen LogP contribution in [0.25, 0.3) is 0 Å². The van der Waals surface area contributed by atoms with Crippen LogP contribution >= 0.6 is 11.6 Å². The van der Waals surface area contributed by atoms with E-state index in [2.05, 4.69) is 29.1 Å². The number of rotatable bonds is 5. The summed E-state index contributed by atoms with van der Waals surface area (Å²) in [5.41, 5.74) is 1.04. The van der Waals surface area contributed by atoms with E-state index in [9.17, 15) is 0 Å². The molecule has 4 heteroatoms. The Morgan fingerprint density at radius 3 is 2.85 bits per heavy atom. The maximum Gasteiger partial charge on any atom is 0.0637 e. The average Bonchev–Trinajstić information content (AvgIpc) is 2.62. The van der Waals surface area contributed by atoms with Crippen molar-refractivity contribution in [1.82, 2.24) is 9.80 Å². The molecule has 1 saturated heterocycles. The van der Waals surface area contributed by atoms with Crippen molar-refractivity contribution in [3.63, 3.8) is 0 Å². The van der Waals surface area contributed by atoms with E-state index in [0.717, 1.165) is 23.8 Å². The number of halogens is 1. The third-order valence-corrected chi connectivity index (χ3v) is 4.41. The number of benzene rings is 1. The Morgan fingerprint density at radius 1 is 1.30 bits per heavy atom. The van der Waals surface area contributed by atoms with Gasteiger partial charge in [0.05, 0.1) is 10.7 Å². The summed E-state index contributed by atoms with van der Waals surface area (Å²) >= 11 is 6.16. The number of nitrogens with one attached hydrogen (secondary N) is 1. The van der Waals surface area contributed by atoms with E-state index in [1.54, 1.807) is 0 Å². The van der Waals surface area contributed by atoms with Crippen LogP contribution in [-0.4, -0.2) is 55.6 Å². The largest absolute Gasteiger partial charge is 0.383 e. The first-order valence-corrected chi connectivity index (χ1v) is 7.99. The summed E-state index contributed by atoms with van der Waals surface area (Å²) in [4.78, 5) is 5.07. The van der Waals surface area contributed by atoms with Gasteiger partial charge in [0, 0.05) is 25.7 Å². The van der Waals surface area contributed by atoms with Gasteiger partial charge in [0.15, 0.2) is 0 Å². The molecule has 1 N–H and O–H groups in total. The van der Waals surface area contributed by atoms with Crippen molar-refractivity contribution in [2.75, 3.05) is 45.1 Å². The molecule has 0 saturated carbocycles. The molecule has 0 aromatic heterocycles. The molecule has 1 heterocycles. The van der Waals surface area contributed by atoms with Crippen LogP contribution in [0.5, 0.6) is 0 Å². The summed E-state index contributed by atoms with van der Waals surface area (Å²) in [6.45, 7) is 7.92. The van der Waals surface area contributed by atoms with E-state index in [-0.39, 0.29) is 0 Å². The Bertz CT molecular complexity index is 410. The SMILES string of the molecule is CCC1CN(C)CCCN1CCNc1ccccc1Cl. The normalized spacial score (nSPS) is 21.6. The Kier molecular flexibility index (Phi) is 6.14. The summed E-state index contributed by atoms with van der Waals surface area (Å²) in [6, 6.07) is 8.63. The predicted octanol–water partition coefficient (Wildman–Crippen LogP) is 3.17. The molecule has 3 nitrogen and oxygen atoms in total. The van der Waals surface area contributed by atoms with Gasteiger partial charge in [-0.15, -0.1) is 0 Å². The first-order valence-electron chi connectivity index (χ1n) is 7.61. The van der Waals surface area contributed by atoms with E-state index < -0.39 is 0 Å². The first kappa shape index (κ1) is 15.6. The van der Waals surface area contributed by atoms with Crippen LogP contribution in [0, 0.1) is 0 Å². The summed E-state index contributed by atoms with van der Waals surface area (Å²) in [7, 11) is 2.23. The fourth-order valence-corrected chi connectivity index (χ4v) is 3.12. The number of nitrogens with zero attached hydrogens (tertiary/aromatic N) is 2. The highest BCUT2D eigenvalue weighted by atomic mass is 35.5. The maximum absolute atomic E-state index is 6.16. The van der Waals surface area contributed by atoms with E-state index in [0.29, 0.717) is 6.04 Å². The lowest BCUT2D eigenvalue weighted by Gasteiger charge is -2.30. The van der Waals surface area contributed by atoms with Gasteiger partial charge < -0.3 is 10.2 Å². The molecular formula is C16H26ClN3. The van der Waals surface area contributed by atoms with Gasteiger partial charge in [-0.2, -0.15) is 0 Å². The van der Waals surface area contributed by atoms with Crippen LogP contribution in [0.4, 0.5) is 5.69 Å². The van der Waals surface area contributed by atoms with Gasteiger partial charge in [0.1, 0.15) is 0 Å². The Balaban J connectivity index is 1.84. The monoisotopic (exact) mass is 295 g/mol. The van der Waals surface area contributed by atoms with Crippen LogP contribution in [0.1, 0.15) is 19.8 Å². The molecule has 1 aliphatic rings. The minimum atomic E-state index is 0.676. The lowest BCUT2D eigenvalue weighted by Crippen LogP contribution is -2.41. The first-order chi connectivity index (χ1) is 9.70. The van der Waals surface area contributed by atoms with Gasteiger partial charge in [0.25, 0.3) is 0 Å². The molecule has 0 bridgehead atoms. The average molecular weight is 296 g/mol. The zero-order valence-electron chi connectivity index (χ0n) is 12.6. The molecular weight excluding hydrogens is 270 g/mol. The van der Waals surface area contributed by atoms with Crippen molar-refractivity contribution in [3.05, 3.63) is 29.3 Å². The number of hydrogen-bond donors (Lipinski definition) is 1. The fraction of sp³-hybridized carbons (Fsp3) is 0.625. The molecule has 1 aromatic rings. The van der Waals surface area contributed by atoms with Gasteiger partial charge in [-0.05, 0) is 45.1 Å². The summed E-state index contributed by atoms with van der Waals surface area (Å²) in [5.74, 6) is 0. The van der Waals surface area contributed by atoms with Crippen molar-refractivity contribution in [1.29, 1.82) is 0 Å². The zero-order chi connectivity index (χ0) is 14.4. The predicted molar refractivity (Wildman–Crippen MR) is 87.7 cm³/mol. The lowest BCUT2D eigenvalue weighted by molar-refractivity contribution is 0.190. The van der Waals surface area contributed by atoms with Gasteiger partial charge in [-0.1, -0.05) is 30.7 Å². The van der Waals surface area contributed by atoms with Gasteiger partial charge >= 0.3 is 0 Å². The van der Waals surface area contributed by atoms with Crippen LogP contribution < -0.4 is 5.32 Å². The van der Waals surface area contributed by atoms with E-state index in [1.807, 2.05) is 24.3 Å². The standard InChI is InChI=1S/C16H26ClN3/c1-3-14-13-19(2)10-6-11-20(14)12-9-18-16-8-5-4-7-15(16)17/h4-5,7-8,14,18H,3,6,9-13H2,1-2H3. The number of likely N-dealkylation sites (N-methyl/N-ethyl adjacent to an activating group) is 1. The second kappa shape index (κ2) is 7.87. The van der Waals surface area contributed by atoms with Crippen molar-refractivity contribution in [3.8, 4) is 0 Å². The van der Waals surface area contributed by atoms with Crippen molar-refractivity contribution < 1.29 is 0 Å². The molecule has 1 atom stereocenters. The summed E-state index contributed by atoms with van der Waals surface area (Å²) in [6.07, 6.45) is 2.48. The lowest BCUT2D eigenvalue weighted by atomic mass is 10.2. The highest BCUT2D eigenvalue weighted by Gasteiger charge is 2.21. The number of para-hydroxylation sites is 1. The zero-order valence-corrected chi connectivity index (χ0v) is 13.4. The fourth-order valence-electron chi connectivity index (χ4n) is 2.91. The van der Waals surface area contributed by atoms with E-state index in [4.69, 9.17) is 11.6 Å².